The maximum Gasteiger partial charge on any atom is 0.234 e. The van der Waals surface area contributed by atoms with Gasteiger partial charge in [0.15, 0.2) is 5.17 Å². The number of hydrogen-bond donors (Lipinski definition) is 0. The van der Waals surface area contributed by atoms with E-state index in [0.29, 0.717) is 24.7 Å². The van der Waals surface area contributed by atoms with Gasteiger partial charge in [0.1, 0.15) is 5.82 Å². The van der Waals surface area contributed by atoms with E-state index < -0.39 is 0 Å². The van der Waals surface area contributed by atoms with Gasteiger partial charge in [0.05, 0.1) is 12.0 Å². The fraction of sp³-hybridized carbons (Fsp3) is 0.619. The topological polar surface area (TPSA) is 32.7 Å². The molecule has 0 unspecified atom stereocenters. The van der Waals surface area contributed by atoms with E-state index in [4.69, 9.17) is 0 Å². The van der Waals surface area contributed by atoms with Crippen molar-refractivity contribution in [2.24, 2.45) is 28.2 Å². The van der Waals surface area contributed by atoms with Crippen molar-refractivity contribution < 1.29 is 9.18 Å². The summed E-state index contributed by atoms with van der Waals surface area (Å²) in [7, 11) is 0. The number of aliphatic imine (C=N–C) groups is 1. The predicted molar refractivity (Wildman–Crippen MR) is 102 cm³/mol. The molecule has 0 radical (unpaired) electrons. The number of thioether (sulfide) groups is 1. The summed E-state index contributed by atoms with van der Waals surface area (Å²) in [5.41, 5.74) is 0.825. The van der Waals surface area contributed by atoms with Crippen molar-refractivity contribution in [2.75, 3.05) is 13.1 Å². The molecule has 0 spiro atoms. The van der Waals surface area contributed by atoms with E-state index in [1.54, 1.807) is 23.9 Å². The first-order chi connectivity index (χ1) is 12.6. The van der Waals surface area contributed by atoms with Gasteiger partial charge in [0.25, 0.3) is 0 Å². The molecule has 1 aliphatic heterocycles. The van der Waals surface area contributed by atoms with Gasteiger partial charge < -0.3 is 0 Å². The summed E-state index contributed by atoms with van der Waals surface area (Å²) < 4.78 is 13.4. The summed E-state index contributed by atoms with van der Waals surface area (Å²) in [4.78, 5) is 20.1. The first-order valence-corrected chi connectivity index (χ1v) is 10.8. The van der Waals surface area contributed by atoms with Crippen LogP contribution in [0, 0.1) is 29.0 Å². The van der Waals surface area contributed by atoms with Crippen LogP contribution in [0.4, 0.5) is 4.39 Å². The second-order valence-electron chi connectivity index (χ2n) is 8.74. The van der Waals surface area contributed by atoms with Gasteiger partial charge in [-0.25, -0.2) is 4.39 Å². The lowest BCUT2D eigenvalue weighted by molar-refractivity contribution is -0.152. The van der Waals surface area contributed by atoms with Crippen molar-refractivity contribution in [3.05, 3.63) is 35.6 Å². The molecule has 138 valence electrons. The number of halogens is 1. The summed E-state index contributed by atoms with van der Waals surface area (Å²) in [5.74, 6) is 3.09. The van der Waals surface area contributed by atoms with E-state index in [-0.39, 0.29) is 11.2 Å². The Bertz CT molecular complexity index is 727. The highest BCUT2D eigenvalue weighted by atomic mass is 32.2. The van der Waals surface area contributed by atoms with Crippen LogP contribution in [-0.4, -0.2) is 29.1 Å². The molecule has 0 saturated heterocycles. The number of carbonyl (C=O) groups excluding carboxylic acids is 1. The smallest absolute Gasteiger partial charge is 0.234 e. The molecule has 0 aromatic heterocycles. The Balaban J connectivity index is 1.30. The Morgan fingerprint density at radius 1 is 1.19 bits per heavy atom. The van der Waals surface area contributed by atoms with E-state index in [2.05, 4.69) is 4.99 Å². The largest absolute Gasteiger partial charge is 0.289 e. The molecule has 26 heavy (non-hydrogen) atoms. The van der Waals surface area contributed by atoms with Crippen LogP contribution in [0.5, 0.6) is 0 Å². The van der Waals surface area contributed by atoms with E-state index in [1.165, 1.54) is 25.3 Å². The average molecular weight is 373 g/mol. The SMILES string of the molecule is O=C(N1CCN=C1SCc1cccc(F)c1)C12CC3CC(CC(C3)C1)C2. The molecule has 4 fully saturated rings. The van der Waals surface area contributed by atoms with Crippen LogP contribution in [0.2, 0.25) is 0 Å². The van der Waals surface area contributed by atoms with Crippen molar-refractivity contribution >= 4 is 22.8 Å². The number of nitrogens with zero attached hydrogens (tertiary/aromatic N) is 2. The van der Waals surface area contributed by atoms with Gasteiger partial charge in [-0.15, -0.1) is 0 Å². The minimum atomic E-state index is -0.210. The van der Waals surface area contributed by atoms with Gasteiger partial charge >= 0.3 is 0 Å². The lowest BCUT2D eigenvalue weighted by Crippen LogP contribution is -2.55. The maximum absolute atomic E-state index is 13.5. The number of benzene rings is 1. The summed E-state index contributed by atoms with van der Waals surface area (Å²) in [6.45, 7) is 1.41. The molecule has 1 amide bonds. The summed E-state index contributed by atoms with van der Waals surface area (Å²) >= 11 is 1.57. The third-order valence-corrected chi connectivity index (χ3v) is 7.88. The van der Waals surface area contributed by atoms with Crippen LogP contribution in [0.25, 0.3) is 0 Å². The van der Waals surface area contributed by atoms with E-state index in [9.17, 15) is 9.18 Å². The lowest BCUT2D eigenvalue weighted by atomic mass is 9.49. The molecule has 5 heteroatoms. The number of amides is 1. The van der Waals surface area contributed by atoms with Crippen molar-refractivity contribution in [3.63, 3.8) is 0 Å². The highest BCUT2D eigenvalue weighted by Gasteiger charge is 2.56. The Kier molecular flexibility index (Phi) is 4.11. The molecule has 1 aromatic rings. The van der Waals surface area contributed by atoms with Crippen LogP contribution in [0.3, 0.4) is 0 Å². The minimum absolute atomic E-state index is 0.112. The highest BCUT2D eigenvalue weighted by Crippen LogP contribution is 2.60. The normalized spacial score (nSPS) is 35.0. The van der Waals surface area contributed by atoms with Crippen LogP contribution in [0.1, 0.15) is 44.1 Å². The van der Waals surface area contributed by atoms with Crippen molar-refractivity contribution in [3.8, 4) is 0 Å². The Morgan fingerprint density at radius 2 is 1.88 bits per heavy atom. The molecule has 0 atom stereocenters. The van der Waals surface area contributed by atoms with Gasteiger partial charge in [-0.1, -0.05) is 23.9 Å². The zero-order valence-corrected chi connectivity index (χ0v) is 15.8. The first kappa shape index (κ1) is 16.8. The van der Waals surface area contributed by atoms with Crippen LogP contribution >= 0.6 is 11.8 Å². The molecule has 1 aromatic carbocycles. The first-order valence-electron chi connectivity index (χ1n) is 9.85. The molecule has 3 nitrogen and oxygen atoms in total. The third kappa shape index (κ3) is 2.88. The monoisotopic (exact) mass is 372 g/mol. The van der Waals surface area contributed by atoms with Crippen molar-refractivity contribution in [1.82, 2.24) is 4.90 Å². The molecule has 6 rings (SSSR count). The van der Waals surface area contributed by atoms with E-state index >= 15 is 0 Å². The third-order valence-electron chi connectivity index (χ3n) is 6.80. The van der Waals surface area contributed by atoms with Crippen LogP contribution in [-0.2, 0) is 10.5 Å². The Hall–Kier alpha value is -1.36. The second-order valence-corrected chi connectivity index (χ2v) is 9.68. The fourth-order valence-electron chi connectivity index (χ4n) is 6.17. The van der Waals surface area contributed by atoms with E-state index in [1.807, 2.05) is 11.0 Å². The lowest BCUT2D eigenvalue weighted by Gasteiger charge is -2.56. The molecule has 1 heterocycles. The van der Waals surface area contributed by atoms with Crippen molar-refractivity contribution in [2.45, 2.75) is 44.3 Å². The zero-order chi connectivity index (χ0) is 17.7. The minimum Gasteiger partial charge on any atom is -0.289 e. The molecular formula is C21H25FN2OS. The zero-order valence-electron chi connectivity index (χ0n) is 15.0. The number of rotatable bonds is 3. The second kappa shape index (κ2) is 6.36. The van der Waals surface area contributed by atoms with Gasteiger partial charge in [-0.05, 0) is 74.0 Å². The maximum atomic E-state index is 13.5. The van der Waals surface area contributed by atoms with Gasteiger partial charge in [-0.3, -0.25) is 14.7 Å². The molecular weight excluding hydrogens is 347 g/mol. The van der Waals surface area contributed by atoms with Gasteiger partial charge in [0, 0.05) is 12.3 Å². The molecule has 0 N–H and O–H groups in total. The standard InChI is InChI=1S/C21H25FN2OS/c22-18-3-1-2-14(9-18)13-26-20-23-4-5-24(20)19(25)21-10-15-6-16(11-21)8-17(7-15)12-21/h1-3,9,15-17H,4-8,10-13H2. The fourth-order valence-corrected chi connectivity index (χ4v) is 7.16. The molecule has 4 saturated carbocycles. The molecule has 4 bridgehead atoms. The van der Waals surface area contributed by atoms with Gasteiger partial charge in [-0.2, -0.15) is 0 Å². The van der Waals surface area contributed by atoms with Gasteiger partial charge in [0.2, 0.25) is 5.91 Å². The Morgan fingerprint density at radius 3 is 2.54 bits per heavy atom. The number of hydrogen-bond acceptors (Lipinski definition) is 3. The summed E-state index contributed by atoms with van der Waals surface area (Å²) in [6, 6.07) is 6.69. The Labute approximate surface area is 158 Å². The average Bonchev–Trinajstić information content (AvgIpc) is 3.06. The summed E-state index contributed by atoms with van der Waals surface area (Å²) in [6.07, 6.45) is 7.33. The van der Waals surface area contributed by atoms with Crippen molar-refractivity contribution in [1.29, 1.82) is 0 Å². The molecule has 5 aliphatic rings. The predicted octanol–water partition coefficient (Wildman–Crippen LogP) is 4.47. The number of amidine groups is 1. The van der Waals surface area contributed by atoms with Crippen LogP contribution in [0.15, 0.2) is 29.3 Å². The van der Waals surface area contributed by atoms with Crippen LogP contribution < -0.4 is 0 Å². The quantitative estimate of drug-likeness (QED) is 0.784. The molecule has 4 aliphatic carbocycles. The highest BCUT2D eigenvalue weighted by molar-refractivity contribution is 8.13. The summed E-state index contributed by atoms with van der Waals surface area (Å²) in [5, 5.41) is 0.843. The number of carbonyl (C=O) groups is 1. The van der Waals surface area contributed by atoms with E-state index in [0.717, 1.165) is 47.7 Å².